The summed E-state index contributed by atoms with van der Waals surface area (Å²) in [6, 6.07) is 7.28. The molecule has 0 radical (unpaired) electrons. The first-order chi connectivity index (χ1) is 10.4. The number of thiazole rings is 1. The molecule has 0 saturated heterocycles. The molecule has 6 heteroatoms. The van der Waals surface area contributed by atoms with Gasteiger partial charge >= 0.3 is 0 Å². The third-order valence-corrected chi connectivity index (χ3v) is 5.65. The van der Waals surface area contributed by atoms with E-state index in [4.69, 9.17) is 0 Å². The first kappa shape index (κ1) is 17.1. The molecule has 0 aliphatic carbocycles. The molecule has 0 spiro atoms. The molecule has 1 aromatic heterocycles. The Balaban J connectivity index is 1.80. The zero-order valence-corrected chi connectivity index (χ0v) is 14.8. The van der Waals surface area contributed by atoms with Crippen LogP contribution < -0.4 is 5.32 Å². The van der Waals surface area contributed by atoms with Crippen molar-refractivity contribution in [2.75, 3.05) is 12.8 Å². The number of hydrogen-bond acceptors (Lipinski definition) is 5. The van der Waals surface area contributed by atoms with Crippen LogP contribution in [0.1, 0.15) is 35.7 Å². The lowest BCUT2D eigenvalue weighted by Gasteiger charge is -2.14. The van der Waals surface area contributed by atoms with Crippen LogP contribution in [0.15, 0.2) is 34.5 Å². The Morgan fingerprint density at radius 1 is 1.27 bits per heavy atom. The molecule has 2 aromatic rings. The molecule has 22 heavy (non-hydrogen) atoms. The van der Waals surface area contributed by atoms with Gasteiger partial charge in [-0.1, -0.05) is 12.1 Å². The van der Waals surface area contributed by atoms with Crippen LogP contribution in [0.2, 0.25) is 0 Å². The highest BCUT2D eigenvalue weighted by molar-refractivity contribution is 7.90. The van der Waals surface area contributed by atoms with Crippen LogP contribution in [0.3, 0.4) is 0 Å². The van der Waals surface area contributed by atoms with Crippen molar-refractivity contribution in [2.24, 2.45) is 0 Å². The van der Waals surface area contributed by atoms with E-state index >= 15 is 0 Å². The molecule has 0 saturated carbocycles. The van der Waals surface area contributed by atoms with Crippen molar-refractivity contribution in [3.05, 3.63) is 45.9 Å². The van der Waals surface area contributed by atoms with Crippen molar-refractivity contribution in [3.63, 3.8) is 0 Å². The van der Waals surface area contributed by atoms with Crippen LogP contribution in [0.5, 0.6) is 0 Å². The predicted molar refractivity (Wildman–Crippen MR) is 91.1 cm³/mol. The third kappa shape index (κ3) is 4.90. The van der Waals surface area contributed by atoms with Gasteiger partial charge in [-0.05, 0) is 44.5 Å². The molecule has 0 unspecified atom stereocenters. The Kier molecular flexibility index (Phi) is 5.72. The average Bonchev–Trinajstić information content (AvgIpc) is 2.88. The summed E-state index contributed by atoms with van der Waals surface area (Å²) in [5.41, 5.74) is 2.18. The Labute approximate surface area is 136 Å². The van der Waals surface area contributed by atoms with E-state index < -0.39 is 9.84 Å². The van der Waals surface area contributed by atoms with Gasteiger partial charge in [0.25, 0.3) is 0 Å². The summed E-state index contributed by atoms with van der Waals surface area (Å²) in [5.74, 6) is 0. The summed E-state index contributed by atoms with van der Waals surface area (Å²) in [4.78, 5) is 4.82. The van der Waals surface area contributed by atoms with Gasteiger partial charge in [-0.3, -0.25) is 0 Å². The van der Waals surface area contributed by atoms with Gasteiger partial charge in [0, 0.05) is 29.8 Å². The van der Waals surface area contributed by atoms with Crippen LogP contribution in [0.25, 0.3) is 0 Å². The zero-order chi connectivity index (χ0) is 16.2. The maximum atomic E-state index is 11.4. The molecule has 1 N–H and O–H groups in total. The molecule has 0 fully saturated rings. The Bertz CT molecular complexity index is 706. The van der Waals surface area contributed by atoms with Gasteiger partial charge in [0.1, 0.15) is 0 Å². The lowest BCUT2D eigenvalue weighted by Crippen LogP contribution is -2.20. The smallest absolute Gasteiger partial charge is 0.175 e. The molecule has 1 aromatic carbocycles. The fourth-order valence-electron chi connectivity index (χ4n) is 2.20. The number of nitrogens with one attached hydrogen (secondary N) is 1. The minimum Gasteiger partial charge on any atom is -0.310 e. The van der Waals surface area contributed by atoms with E-state index in [0.29, 0.717) is 4.90 Å². The molecule has 0 aliphatic rings. The second-order valence-corrected chi connectivity index (χ2v) is 8.46. The standard InChI is InChI=1S/C16H22N2O2S2/c1-12-11-21-16(18-12)5-4-10-17-13(2)14-6-8-15(9-7-14)22(3,19)20/h6-9,11,13,17H,4-5,10H2,1-3H3/t13-/m1/s1. The summed E-state index contributed by atoms with van der Waals surface area (Å²) in [5, 5.41) is 6.72. The SMILES string of the molecule is Cc1csc(CCCN[C@H](C)c2ccc(S(C)(=O)=O)cc2)n1. The maximum absolute atomic E-state index is 11.4. The lowest BCUT2D eigenvalue weighted by atomic mass is 10.1. The van der Waals surface area contributed by atoms with Gasteiger partial charge in [0.05, 0.1) is 9.90 Å². The number of sulfone groups is 1. The number of nitrogens with zero attached hydrogens (tertiary/aromatic N) is 1. The first-order valence-electron chi connectivity index (χ1n) is 7.30. The van der Waals surface area contributed by atoms with Crippen LogP contribution in [0.4, 0.5) is 0 Å². The summed E-state index contributed by atoms with van der Waals surface area (Å²) in [7, 11) is -3.12. The van der Waals surface area contributed by atoms with Gasteiger partial charge in [0.15, 0.2) is 9.84 Å². The first-order valence-corrected chi connectivity index (χ1v) is 10.1. The van der Waals surface area contributed by atoms with Crippen molar-refractivity contribution in [1.29, 1.82) is 0 Å². The summed E-state index contributed by atoms with van der Waals surface area (Å²) in [6.45, 7) is 5.01. The van der Waals surface area contributed by atoms with E-state index in [9.17, 15) is 8.42 Å². The van der Waals surface area contributed by atoms with Gasteiger partial charge in [-0.15, -0.1) is 11.3 Å². The Morgan fingerprint density at radius 3 is 2.50 bits per heavy atom. The number of hydrogen-bond donors (Lipinski definition) is 1. The van der Waals surface area contributed by atoms with Crippen molar-refractivity contribution < 1.29 is 8.42 Å². The van der Waals surface area contributed by atoms with Crippen molar-refractivity contribution in [3.8, 4) is 0 Å². The summed E-state index contributed by atoms with van der Waals surface area (Å²) in [6.07, 6.45) is 3.26. The van der Waals surface area contributed by atoms with Gasteiger partial charge in [-0.25, -0.2) is 13.4 Å². The third-order valence-electron chi connectivity index (χ3n) is 3.49. The molecule has 4 nitrogen and oxygen atoms in total. The second-order valence-electron chi connectivity index (χ2n) is 5.50. The topological polar surface area (TPSA) is 59.1 Å². The van der Waals surface area contributed by atoms with E-state index in [0.717, 1.165) is 30.6 Å². The van der Waals surface area contributed by atoms with E-state index in [1.807, 2.05) is 19.1 Å². The van der Waals surface area contributed by atoms with Crippen LogP contribution >= 0.6 is 11.3 Å². The number of aromatic nitrogens is 1. The molecule has 1 atom stereocenters. The molecular formula is C16H22N2O2S2. The second kappa shape index (κ2) is 7.35. The quantitative estimate of drug-likeness (QED) is 0.788. The highest BCUT2D eigenvalue weighted by Gasteiger charge is 2.09. The van der Waals surface area contributed by atoms with Gasteiger partial charge in [-0.2, -0.15) is 0 Å². The molecule has 1 heterocycles. The maximum Gasteiger partial charge on any atom is 0.175 e. The van der Waals surface area contributed by atoms with Crippen LogP contribution in [-0.2, 0) is 16.3 Å². The van der Waals surface area contributed by atoms with Crippen molar-refractivity contribution in [2.45, 2.75) is 37.6 Å². The van der Waals surface area contributed by atoms with Crippen molar-refractivity contribution >= 4 is 21.2 Å². The molecule has 0 bridgehead atoms. The van der Waals surface area contributed by atoms with Crippen molar-refractivity contribution in [1.82, 2.24) is 10.3 Å². The van der Waals surface area contributed by atoms with Crippen LogP contribution in [-0.4, -0.2) is 26.2 Å². The predicted octanol–water partition coefficient (Wildman–Crippen LogP) is 3.14. The minimum absolute atomic E-state index is 0.201. The fraction of sp³-hybridized carbons (Fsp3) is 0.438. The largest absolute Gasteiger partial charge is 0.310 e. The monoisotopic (exact) mass is 338 g/mol. The van der Waals surface area contributed by atoms with Gasteiger partial charge < -0.3 is 5.32 Å². The van der Waals surface area contributed by atoms with Crippen LogP contribution in [0, 0.1) is 6.92 Å². The molecular weight excluding hydrogens is 316 g/mol. The summed E-state index contributed by atoms with van der Waals surface area (Å²) < 4.78 is 22.9. The molecule has 2 rings (SSSR count). The zero-order valence-electron chi connectivity index (χ0n) is 13.2. The van der Waals surface area contributed by atoms with E-state index in [-0.39, 0.29) is 6.04 Å². The Morgan fingerprint density at radius 2 is 1.95 bits per heavy atom. The number of aryl methyl sites for hydroxylation is 2. The van der Waals surface area contributed by atoms with E-state index in [1.165, 1.54) is 11.3 Å². The molecule has 120 valence electrons. The fourth-order valence-corrected chi connectivity index (χ4v) is 3.65. The summed E-state index contributed by atoms with van der Waals surface area (Å²) >= 11 is 1.71. The van der Waals surface area contributed by atoms with E-state index in [2.05, 4.69) is 22.6 Å². The highest BCUT2D eigenvalue weighted by atomic mass is 32.2. The normalized spacial score (nSPS) is 13.2. The average molecular weight is 338 g/mol. The number of rotatable bonds is 7. The van der Waals surface area contributed by atoms with E-state index in [1.54, 1.807) is 23.5 Å². The lowest BCUT2D eigenvalue weighted by molar-refractivity contribution is 0.557. The minimum atomic E-state index is -3.12. The van der Waals surface area contributed by atoms with Gasteiger partial charge in [0.2, 0.25) is 0 Å². The Hall–Kier alpha value is -1.24. The molecule has 0 amide bonds. The molecule has 0 aliphatic heterocycles. The number of benzene rings is 1. The highest BCUT2D eigenvalue weighted by Crippen LogP contribution is 2.16.